The molecule has 1 heterocycles. The van der Waals surface area contributed by atoms with Crippen molar-refractivity contribution in [3.63, 3.8) is 0 Å². The summed E-state index contributed by atoms with van der Waals surface area (Å²) in [4.78, 5) is 26.6. The number of likely N-dealkylation sites (tertiary alicyclic amines) is 1. The molecule has 7 nitrogen and oxygen atoms in total. The number of nitrogens with one attached hydrogen (secondary N) is 1. The maximum absolute atomic E-state index is 12.1. The minimum absolute atomic E-state index is 0.0929. The number of rotatable bonds is 11. The lowest BCUT2D eigenvalue weighted by Gasteiger charge is -2.26. The normalized spacial score (nSPS) is 21.7. The number of ether oxygens (including phenoxy) is 2. The van der Waals surface area contributed by atoms with Gasteiger partial charge in [-0.05, 0) is 88.2 Å². The summed E-state index contributed by atoms with van der Waals surface area (Å²) < 4.78 is 11.0. The van der Waals surface area contributed by atoms with Gasteiger partial charge in [-0.2, -0.15) is 0 Å². The highest BCUT2D eigenvalue weighted by Gasteiger charge is 2.27. The quantitative estimate of drug-likeness (QED) is 0.402. The highest BCUT2D eigenvalue weighted by atomic mass is 16.5. The fourth-order valence-corrected chi connectivity index (χ4v) is 4.54. The number of amides is 1. The molecule has 0 aromatic heterocycles. The summed E-state index contributed by atoms with van der Waals surface area (Å²) in [7, 11) is 0. The molecule has 1 aromatic rings. The molecule has 2 aliphatic rings. The minimum Gasteiger partial charge on any atom is -0.494 e. The number of hydrogen-bond acceptors (Lipinski definition) is 6. The highest BCUT2D eigenvalue weighted by molar-refractivity contribution is 5.81. The predicted molar refractivity (Wildman–Crippen MR) is 124 cm³/mol. The fourth-order valence-electron chi connectivity index (χ4n) is 4.54. The van der Waals surface area contributed by atoms with Crippen LogP contribution in [0.2, 0.25) is 0 Å². The molecule has 3 N–H and O–H groups in total. The zero-order chi connectivity index (χ0) is 22.6. The lowest BCUT2D eigenvalue weighted by molar-refractivity contribution is -0.153. The third kappa shape index (κ3) is 8.43. The Balaban J connectivity index is 1.25. The van der Waals surface area contributed by atoms with Crippen molar-refractivity contribution >= 4 is 11.9 Å². The van der Waals surface area contributed by atoms with Gasteiger partial charge in [-0.1, -0.05) is 18.6 Å². The van der Waals surface area contributed by atoms with Crippen molar-refractivity contribution in [3.8, 4) is 5.75 Å². The average molecular weight is 446 g/mol. The Labute approximate surface area is 192 Å². The number of hydrogen-bond donors (Lipinski definition) is 2. The summed E-state index contributed by atoms with van der Waals surface area (Å²) in [6.45, 7) is 4.81. The van der Waals surface area contributed by atoms with Crippen molar-refractivity contribution in [2.75, 3.05) is 39.4 Å². The summed E-state index contributed by atoms with van der Waals surface area (Å²) in [6.07, 6.45) is 8.15. The molecule has 0 atom stereocenters. The number of piperidine rings is 1. The molecular weight excluding hydrogens is 406 g/mol. The number of esters is 1. The Morgan fingerprint density at radius 1 is 1.09 bits per heavy atom. The molecule has 0 spiro atoms. The molecule has 0 bridgehead atoms. The molecule has 1 saturated heterocycles. The van der Waals surface area contributed by atoms with Crippen molar-refractivity contribution in [2.24, 2.45) is 17.6 Å². The predicted octanol–water partition coefficient (Wildman–Crippen LogP) is 2.87. The maximum atomic E-state index is 12.1. The monoisotopic (exact) mass is 445 g/mol. The van der Waals surface area contributed by atoms with Crippen LogP contribution in [-0.2, 0) is 20.9 Å². The van der Waals surface area contributed by atoms with Crippen LogP contribution in [-0.4, -0.2) is 56.2 Å². The van der Waals surface area contributed by atoms with Gasteiger partial charge in [-0.3, -0.25) is 14.5 Å². The van der Waals surface area contributed by atoms with Gasteiger partial charge in [0, 0.05) is 13.1 Å². The topological polar surface area (TPSA) is 93.9 Å². The van der Waals surface area contributed by atoms with Crippen LogP contribution in [0.5, 0.6) is 5.75 Å². The first-order chi connectivity index (χ1) is 15.6. The van der Waals surface area contributed by atoms with Crippen molar-refractivity contribution in [3.05, 3.63) is 29.8 Å². The molecule has 32 heavy (non-hydrogen) atoms. The average Bonchev–Trinajstić information content (AvgIpc) is 2.83. The van der Waals surface area contributed by atoms with E-state index in [1.165, 1.54) is 37.9 Å². The van der Waals surface area contributed by atoms with Gasteiger partial charge in [0.1, 0.15) is 5.75 Å². The van der Waals surface area contributed by atoms with Gasteiger partial charge in [0.15, 0.2) is 6.61 Å². The molecule has 1 aliphatic carbocycles. The first kappa shape index (κ1) is 24.5. The van der Waals surface area contributed by atoms with Gasteiger partial charge >= 0.3 is 5.97 Å². The summed E-state index contributed by atoms with van der Waals surface area (Å²) in [5.41, 5.74) is 6.96. The number of nitrogens with zero attached hydrogens (tertiary/aromatic N) is 1. The Morgan fingerprint density at radius 3 is 2.62 bits per heavy atom. The second kappa shape index (κ2) is 13.4. The number of nitrogens with two attached hydrogens (primary N) is 1. The second-order valence-corrected chi connectivity index (χ2v) is 9.10. The third-order valence-electron chi connectivity index (χ3n) is 6.52. The molecular formula is C25H39N3O4. The summed E-state index contributed by atoms with van der Waals surface area (Å²) in [6, 6.07) is 8.26. The Bertz CT molecular complexity index is 713. The van der Waals surface area contributed by atoms with E-state index in [9.17, 15) is 9.59 Å². The molecule has 1 saturated carbocycles. The van der Waals surface area contributed by atoms with Crippen LogP contribution in [0.4, 0.5) is 0 Å². The SMILES string of the molecule is NCC1CCC(C(=O)OCC(=O)NCCCOc2cccc(CN3CCCCC3)c2)CC1. The molecule has 2 fully saturated rings. The second-order valence-electron chi connectivity index (χ2n) is 9.10. The molecule has 3 rings (SSSR count). The van der Waals surface area contributed by atoms with E-state index in [1.54, 1.807) is 0 Å². The fraction of sp³-hybridized carbons (Fsp3) is 0.680. The van der Waals surface area contributed by atoms with Gasteiger partial charge in [-0.15, -0.1) is 0 Å². The van der Waals surface area contributed by atoms with E-state index in [0.29, 0.717) is 32.0 Å². The molecule has 178 valence electrons. The molecule has 1 aromatic carbocycles. The van der Waals surface area contributed by atoms with Crippen LogP contribution < -0.4 is 15.8 Å². The summed E-state index contributed by atoms with van der Waals surface area (Å²) in [5.74, 6) is 0.761. The number of carbonyl (C=O) groups is 2. The van der Waals surface area contributed by atoms with E-state index < -0.39 is 0 Å². The molecule has 0 unspecified atom stereocenters. The summed E-state index contributed by atoms with van der Waals surface area (Å²) >= 11 is 0. The molecule has 1 aliphatic heterocycles. The van der Waals surface area contributed by atoms with E-state index in [-0.39, 0.29) is 24.4 Å². The lowest BCUT2D eigenvalue weighted by atomic mass is 9.82. The minimum atomic E-state index is -0.266. The zero-order valence-corrected chi connectivity index (χ0v) is 19.2. The molecule has 1 amide bonds. The van der Waals surface area contributed by atoms with Crippen molar-refractivity contribution in [2.45, 2.75) is 57.9 Å². The Morgan fingerprint density at radius 2 is 1.88 bits per heavy atom. The van der Waals surface area contributed by atoms with Gasteiger partial charge < -0.3 is 20.5 Å². The van der Waals surface area contributed by atoms with Crippen LogP contribution >= 0.6 is 0 Å². The van der Waals surface area contributed by atoms with Gasteiger partial charge in [0.25, 0.3) is 5.91 Å². The smallest absolute Gasteiger partial charge is 0.309 e. The van der Waals surface area contributed by atoms with E-state index in [1.807, 2.05) is 12.1 Å². The van der Waals surface area contributed by atoms with Crippen molar-refractivity contribution < 1.29 is 19.1 Å². The maximum Gasteiger partial charge on any atom is 0.309 e. The van der Waals surface area contributed by atoms with E-state index in [0.717, 1.165) is 38.0 Å². The largest absolute Gasteiger partial charge is 0.494 e. The van der Waals surface area contributed by atoms with Crippen LogP contribution in [0.15, 0.2) is 24.3 Å². The first-order valence-corrected chi connectivity index (χ1v) is 12.2. The molecule has 0 radical (unpaired) electrons. The van der Waals surface area contributed by atoms with E-state index in [4.69, 9.17) is 15.2 Å². The highest BCUT2D eigenvalue weighted by Crippen LogP contribution is 2.28. The molecule has 7 heteroatoms. The van der Waals surface area contributed by atoms with Gasteiger partial charge in [0.2, 0.25) is 0 Å². The van der Waals surface area contributed by atoms with E-state index >= 15 is 0 Å². The van der Waals surface area contributed by atoms with E-state index in [2.05, 4.69) is 22.3 Å². The van der Waals surface area contributed by atoms with Gasteiger partial charge in [0.05, 0.1) is 12.5 Å². The van der Waals surface area contributed by atoms with Crippen LogP contribution in [0, 0.1) is 11.8 Å². The first-order valence-electron chi connectivity index (χ1n) is 12.2. The number of carbonyl (C=O) groups excluding carboxylic acids is 2. The zero-order valence-electron chi connectivity index (χ0n) is 19.2. The third-order valence-corrected chi connectivity index (χ3v) is 6.52. The van der Waals surface area contributed by atoms with Crippen molar-refractivity contribution in [1.82, 2.24) is 10.2 Å². The Hall–Kier alpha value is -2.12. The van der Waals surface area contributed by atoms with Crippen molar-refractivity contribution in [1.29, 1.82) is 0 Å². The number of benzene rings is 1. The lowest BCUT2D eigenvalue weighted by Crippen LogP contribution is -2.32. The van der Waals surface area contributed by atoms with Crippen LogP contribution in [0.25, 0.3) is 0 Å². The Kier molecular flexibility index (Phi) is 10.3. The van der Waals surface area contributed by atoms with Crippen LogP contribution in [0.3, 0.4) is 0 Å². The van der Waals surface area contributed by atoms with Crippen LogP contribution in [0.1, 0.15) is 56.9 Å². The standard InChI is InChI=1S/C25H39N3O4/c26-17-20-8-10-22(11-9-20)25(30)32-19-24(29)27-12-5-15-31-23-7-4-6-21(16-23)18-28-13-2-1-3-14-28/h4,6-7,16,20,22H,1-3,5,8-15,17-19,26H2,(H,27,29). The van der Waals surface area contributed by atoms with Gasteiger partial charge in [-0.25, -0.2) is 0 Å². The summed E-state index contributed by atoms with van der Waals surface area (Å²) in [5, 5.41) is 2.79.